The van der Waals surface area contributed by atoms with Gasteiger partial charge in [-0.2, -0.15) is 0 Å². The first-order valence-electron chi connectivity index (χ1n) is 7.31. The van der Waals surface area contributed by atoms with Gasteiger partial charge in [0.15, 0.2) is 0 Å². The molecule has 21 heavy (non-hydrogen) atoms. The lowest BCUT2D eigenvalue weighted by molar-refractivity contribution is -0.160. The molecule has 0 radical (unpaired) electrons. The van der Waals surface area contributed by atoms with Crippen LogP contribution in [0.4, 0.5) is 0 Å². The standard InChI is InChI=1S/C16H21N2O3/c17-16(18)12-7-5-11(6-8-12)3-1-2-4-14-9-13(19)10-15(20)21-14/h5-8,13-14,19H,1-4,9-10H2,(H2-,17,18)/q-1/t13-,14-/m0/s1. The zero-order chi connectivity index (χ0) is 15.2. The van der Waals surface area contributed by atoms with E-state index in [1.807, 2.05) is 12.1 Å². The average Bonchev–Trinajstić information content (AvgIpc) is 2.43. The molecule has 3 N–H and O–H groups in total. The Kier molecular flexibility index (Phi) is 5.33. The molecule has 114 valence electrons. The molecule has 1 fully saturated rings. The second-order valence-electron chi connectivity index (χ2n) is 5.52. The smallest absolute Gasteiger partial charge is 0.308 e. The zero-order valence-corrected chi connectivity index (χ0v) is 12.0. The monoisotopic (exact) mass is 289 g/mol. The van der Waals surface area contributed by atoms with Crippen molar-refractivity contribution >= 4 is 11.8 Å². The fraction of sp³-hybridized carbons (Fsp3) is 0.500. The summed E-state index contributed by atoms with van der Waals surface area (Å²) in [5.41, 5.74) is 9.03. The number of unbranched alkanes of at least 4 members (excludes halogenated alkanes) is 1. The third kappa shape index (κ3) is 4.86. The Morgan fingerprint density at radius 3 is 2.67 bits per heavy atom. The van der Waals surface area contributed by atoms with E-state index in [-0.39, 0.29) is 24.3 Å². The lowest BCUT2D eigenvalue weighted by atomic mass is 9.99. The van der Waals surface area contributed by atoms with Gasteiger partial charge < -0.3 is 21.0 Å². The first-order valence-corrected chi connectivity index (χ1v) is 7.31. The number of ether oxygens (including phenoxy) is 1. The predicted molar refractivity (Wildman–Crippen MR) is 80.3 cm³/mol. The molecule has 0 saturated carbocycles. The number of carbonyl (C=O) groups excluding carboxylic acids is 1. The maximum absolute atomic E-state index is 11.2. The van der Waals surface area contributed by atoms with E-state index in [0.717, 1.165) is 25.7 Å². The Labute approximate surface area is 124 Å². The molecular formula is C16H21N2O3-. The highest BCUT2D eigenvalue weighted by Gasteiger charge is 2.26. The number of cyclic esters (lactones) is 1. The van der Waals surface area contributed by atoms with Crippen molar-refractivity contribution in [3.05, 3.63) is 41.1 Å². The first kappa shape index (κ1) is 15.5. The van der Waals surface area contributed by atoms with Gasteiger partial charge in [0.25, 0.3) is 0 Å². The van der Waals surface area contributed by atoms with Gasteiger partial charge in [-0.15, -0.1) is 0 Å². The van der Waals surface area contributed by atoms with Gasteiger partial charge in [0.1, 0.15) is 6.10 Å². The van der Waals surface area contributed by atoms with Crippen LogP contribution < -0.4 is 0 Å². The highest BCUT2D eigenvalue weighted by atomic mass is 16.5. The van der Waals surface area contributed by atoms with Gasteiger partial charge in [0, 0.05) is 6.42 Å². The van der Waals surface area contributed by atoms with E-state index >= 15 is 0 Å². The molecule has 0 aliphatic carbocycles. The molecular weight excluding hydrogens is 268 g/mol. The van der Waals surface area contributed by atoms with Crippen LogP contribution in [0.25, 0.3) is 5.73 Å². The van der Waals surface area contributed by atoms with Gasteiger partial charge in [0.2, 0.25) is 0 Å². The largest absolute Gasteiger partial charge is 0.482 e. The SMILES string of the molecule is N=C([NH-])c1ccc(CCCC[C@H]2C[C@H](O)CC(=O)O2)cc1. The molecule has 1 aliphatic rings. The van der Waals surface area contributed by atoms with Crippen LogP contribution in [0, 0.1) is 5.41 Å². The van der Waals surface area contributed by atoms with Crippen molar-refractivity contribution in [2.45, 2.75) is 50.7 Å². The number of hydrogen-bond acceptors (Lipinski definition) is 4. The lowest BCUT2D eigenvalue weighted by Gasteiger charge is -2.25. The third-order valence-corrected chi connectivity index (χ3v) is 3.72. The van der Waals surface area contributed by atoms with Crippen molar-refractivity contribution in [2.24, 2.45) is 0 Å². The molecule has 2 atom stereocenters. The van der Waals surface area contributed by atoms with E-state index in [2.05, 4.69) is 0 Å². The molecule has 5 nitrogen and oxygen atoms in total. The van der Waals surface area contributed by atoms with Crippen LogP contribution in [0.1, 0.15) is 43.2 Å². The molecule has 0 aromatic heterocycles. The summed E-state index contributed by atoms with van der Waals surface area (Å²) in [5, 5.41) is 16.7. The van der Waals surface area contributed by atoms with Crippen LogP contribution in [0.2, 0.25) is 0 Å². The van der Waals surface area contributed by atoms with Crippen molar-refractivity contribution in [1.29, 1.82) is 5.41 Å². The molecule has 5 heteroatoms. The normalized spacial score (nSPS) is 21.9. The van der Waals surface area contributed by atoms with Gasteiger partial charge in [-0.05, 0) is 36.8 Å². The summed E-state index contributed by atoms with van der Waals surface area (Å²) in [6.45, 7) is 0. The van der Waals surface area contributed by atoms with Crippen LogP contribution in [-0.4, -0.2) is 29.1 Å². The van der Waals surface area contributed by atoms with E-state index in [4.69, 9.17) is 15.9 Å². The highest BCUT2D eigenvalue weighted by Crippen LogP contribution is 2.20. The zero-order valence-electron chi connectivity index (χ0n) is 12.0. The number of amidine groups is 1. The summed E-state index contributed by atoms with van der Waals surface area (Å²) in [7, 11) is 0. The summed E-state index contributed by atoms with van der Waals surface area (Å²) < 4.78 is 5.21. The van der Waals surface area contributed by atoms with Crippen molar-refractivity contribution in [3.63, 3.8) is 0 Å². The molecule has 1 saturated heterocycles. The minimum absolute atomic E-state index is 0.119. The minimum Gasteiger partial charge on any atom is -0.482 e. The molecule has 1 aromatic carbocycles. The molecule has 0 bridgehead atoms. The molecule has 1 aromatic rings. The molecule has 2 rings (SSSR count). The molecule has 1 aliphatic heterocycles. The molecule has 0 spiro atoms. The maximum Gasteiger partial charge on any atom is 0.308 e. The van der Waals surface area contributed by atoms with Gasteiger partial charge in [-0.1, -0.05) is 30.1 Å². The van der Waals surface area contributed by atoms with Crippen LogP contribution in [0.3, 0.4) is 0 Å². The third-order valence-electron chi connectivity index (χ3n) is 3.72. The van der Waals surface area contributed by atoms with Crippen molar-refractivity contribution in [3.8, 4) is 0 Å². The summed E-state index contributed by atoms with van der Waals surface area (Å²) in [6.07, 6.45) is 3.62. The van der Waals surface area contributed by atoms with E-state index in [1.54, 1.807) is 12.1 Å². The number of aliphatic hydroxyl groups is 1. The topological polar surface area (TPSA) is 94.2 Å². The Bertz CT molecular complexity index is 499. The van der Waals surface area contributed by atoms with E-state index in [9.17, 15) is 9.90 Å². The highest BCUT2D eigenvalue weighted by molar-refractivity contribution is 6.02. The minimum atomic E-state index is -0.552. The number of aliphatic hydroxyl groups excluding tert-OH is 1. The second-order valence-corrected chi connectivity index (χ2v) is 5.52. The quantitative estimate of drug-likeness (QED) is 0.365. The number of benzene rings is 1. The van der Waals surface area contributed by atoms with Crippen LogP contribution in [0.15, 0.2) is 24.3 Å². The summed E-state index contributed by atoms with van der Waals surface area (Å²) in [4.78, 5) is 11.2. The predicted octanol–water partition coefficient (Wildman–Crippen LogP) is 2.84. The van der Waals surface area contributed by atoms with E-state index in [0.29, 0.717) is 12.0 Å². The number of esters is 1. The average molecular weight is 289 g/mol. The fourth-order valence-corrected chi connectivity index (χ4v) is 2.58. The van der Waals surface area contributed by atoms with Crippen LogP contribution in [0.5, 0.6) is 0 Å². The molecule has 1 heterocycles. The Balaban J connectivity index is 1.69. The van der Waals surface area contributed by atoms with Gasteiger partial charge >= 0.3 is 5.97 Å². The van der Waals surface area contributed by atoms with Crippen molar-refractivity contribution in [2.75, 3.05) is 0 Å². The first-order chi connectivity index (χ1) is 10.0. The second kappa shape index (κ2) is 7.22. The van der Waals surface area contributed by atoms with Crippen molar-refractivity contribution in [1.82, 2.24) is 0 Å². The molecule has 0 unspecified atom stereocenters. The van der Waals surface area contributed by atoms with E-state index < -0.39 is 6.10 Å². The number of nitrogens with one attached hydrogen (secondary N) is 2. The summed E-state index contributed by atoms with van der Waals surface area (Å²) >= 11 is 0. The van der Waals surface area contributed by atoms with Gasteiger partial charge in [-0.3, -0.25) is 4.79 Å². The van der Waals surface area contributed by atoms with E-state index in [1.165, 1.54) is 5.56 Å². The number of aryl methyl sites for hydroxylation is 1. The number of hydrogen-bond donors (Lipinski definition) is 2. The van der Waals surface area contributed by atoms with Gasteiger partial charge in [-0.25, -0.2) is 0 Å². The number of carbonyl (C=O) groups is 1. The Morgan fingerprint density at radius 2 is 2.05 bits per heavy atom. The van der Waals surface area contributed by atoms with Crippen LogP contribution >= 0.6 is 0 Å². The van der Waals surface area contributed by atoms with Crippen molar-refractivity contribution < 1.29 is 14.6 Å². The number of rotatable bonds is 6. The summed E-state index contributed by atoms with van der Waals surface area (Å²) in [5.74, 6) is -0.466. The maximum atomic E-state index is 11.2. The van der Waals surface area contributed by atoms with Crippen LogP contribution in [-0.2, 0) is 16.0 Å². The Hall–Kier alpha value is -1.88. The Morgan fingerprint density at radius 1 is 1.33 bits per heavy atom. The molecule has 0 amide bonds. The fourth-order valence-electron chi connectivity index (χ4n) is 2.58. The lowest BCUT2D eigenvalue weighted by Crippen LogP contribution is -2.32. The van der Waals surface area contributed by atoms with Gasteiger partial charge in [0.05, 0.1) is 12.5 Å². The summed E-state index contributed by atoms with van der Waals surface area (Å²) in [6, 6.07) is 7.49.